The van der Waals surface area contributed by atoms with Gasteiger partial charge in [0, 0.05) is 19.4 Å². The van der Waals surface area contributed by atoms with Gasteiger partial charge in [-0.3, -0.25) is 4.79 Å². The zero-order valence-electron chi connectivity index (χ0n) is 12.8. The van der Waals surface area contributed by atoms with Gasteiger partial charge in [0.25, 0.3) is 5.91 Å². The summed E-state index contributed by atoms with van der Waals surface area (Å²) >= 11 is 0. The van der Waals surface area contributed by atoms with E-state index in [1.807, 2.05) is 59.4 Å². The van der Waals surface area contributed by atoms with Crippen molar-refractivity contribution in [2.24, 2.45) is 0 Å². The lowest BCUT2D eigenvalue weighted by Crippen LogP contribution is -2.24. The van der Waals surface area contributed by atoms with Gasteiger partial charge in [0.1, 0.15) is 5.75 Å². The average molecular weight is 307 g/mol. The van der Waals surface area contributed by atoms with Crippen molar-refractivity contribution in [3.63, 3.8) is 0 Å². The fraction of sp³-hybridized carbons (Fsp3) is 0.111. The molecule has 3 aromatic rings. The number of rotatable bonds is 5. The van der Waals surface area contributed by atoms with Gasteiger partial charge in [-0.25, -0.2) is 4.68 Å². The largest absolute Gasteiger partial charge is 0.484 e. The number of hydrogen-bond acceptors (Lipinski definition) is 3. The number of hydrogen-bond donors (Lipinski definition) is 1. The average Bonchev–Trinajstić information content (AvgIpc) is 3.15. The third-order valence-corrected chi connectivity index (χ3v) is 3.45. The van der Waals surface area contributed by atoms with Crippen molar-refractivity contribution in [3.05, 3.63) is 67.0 Å². The molecule has 0 atom stereocenters. The summed E-state index contributed by atoms with van der Waals surface area (Å²) in [5.41, 5.74) is 3.18. The van der Waals surface area contributed by atoms with Crippen LogP contribution in [-0.2, 0) is 4.79 Å². The number of nitrogens with one attached hydrogen (secondary N) is 1. The van der Waals surface area contributed by atoms with Gasteiger partial charge >= 0.3 is 0 Å². The van der Waals surface area contributed by atoms with Crippen LogP contribution in [0.4, 0.5) is 0 Å². The lowest BCUT2D eigenvalue weighted by molar-refractivity contribution is -0.122. The minimum absolute atomic E-state index is 0.0185. The van der Waals surface area contributed by atoms with Gasteiger partial charge in [-0.2, -0.15) is 5.10 Å². The molecule has 0 aliphatic carbocycles. The number of nitrogens with zero attached hydrogens (tertiary/aromatic N) is 2. The van der Waals surface area contributed by atoms with Crippen LogP contribution in [0, 0.1) is 0 Å². The molecule has 1 heterocycles. The van der Waals surface area contributed by atoms with E-state index in [9.17, 15) is 4.79 Å². The van der Waals surface area contributed by atoms with Crippen molar-refractivity contribution in [3.8, 4) is 22.6 Å². The molecule has 116 valence electrons. The summed E-state index contributed by atoms with van der Waals surface area (Å²) in [6.45, 7) is 0.0185. The zero-order valence-corrected chi connectivity index (χ0v) is 12.8. The van der Waals surface area contributed by atoms with Gasteiger partial charge in [-0.15, -0.1) is 0 Å². The number of aromatic nitrogens is 2. The second-order valence-electron chi connectivity index (χ2n) is 4.99. The molecule has 3 rings (SSSR count). The topological polar surface area (TPSA) is 56.1 Å². The highest BCUT2D eigenvalue weighted by atomic mass is 16.5. The highest BCUT2D eigenvalue weighted by Gasteiger charge is 2.03. The normalized spacial score (nSPS) is 10.3. The van der Waals surface area contributed by atoms with Crippen molar-refractivity contribution < 1.29 is 9.53 Å². The van der Waals surface area contributed by atoms with E-state index in [-0.39, 0.29) is 12.5 Å². The molecule has 23 heavy (non-hydrogen) atoms. The SMILES string of the molecule is CNC(=O)COc1ccc(-c2cccc(-n3cccn3)c2)cc1. The van der Waals surface area contributed by atoms with Gasteiger partial charge < -0.3 is 10.1 Å². The number of amides is 1. The summed E-state index contributed by atoms with van der Waals surface area (Å²) in [4.78, 5) is 11.2. The molecule has 0 saturated heterocycles. The monoisotopic (exact) mass is 307 g/mol. The standard InChI is InChI=1S/C18H17N3O2/c1-19-18(22)13-23-17-8-6-14(7-9-17)15-4-2-5-16(12-15)21-11-3-10-20-21/h2-12H,13H2,1H3,(H,19,22). The molecule has 5 nitrogen and oxygen atoms in total. The molecule has 2 aromatic carbocycles. The van der Waals surface area contributed by atoms with Crippen molar-refractivity contribution in [2.75, 3.05) is 13.7 Å². The van der Waals surface area contributed by atoms with E-state index in [0.29, 0.717) is 5.75 Å². The second kappa shape index (κ2) is 6.79. The van der Waals surface area contributed by atoms with E-state index in [1.165, 1.54) is 0 Å². The Kier molecular flexibility index (Phi) is 4.38. The van der Waals surface area contributed by atoms with Crippen LogP contribution in [0.25, 0.3) is 16.8 Å². The number of benzene rings is 2. The van der Waals surface area contributed by atoms with E-state index in [4.69, 9.17) is 4.74 Å². The molecule has 0 radical (unpaired) electrons. The summed E-state index contributed by atoms with van der Waals surface area (Å²) in [5.74, 6) is 0.515. The van der Waals surface area contributed by atoms with Gasteiger partial charge in [-0.1, -0.05) is 24.3 Å². The van der Waals surface area contributed by atoms with Crippen molar-refractivity contribution in [1.82, 2.24) is 15.1 Å². The summed E-state index contributed by atoms with van der Waals surface area (Å²) in [6, 6.07) is 17.7. The first-order valence-corrected chi connectivity index (χ1v) is 7.30. The van der Waals surface area contributed by atoms with Crippen LogP contribution < -0.4 is 10.1 Å². The molecule has 0 aliphatic rings. The number of likely N-dealkylation sites (N-methyl/N-ethyl adjacent to an activating group) is 1. The zero-order chi connectivity index (χ0) is 16.1. The molecular weight excluding hydrogens is 290 g/mol. The molecule has 1 N–H and O–H groups in total. The molecule has 0 aliphatic heterocycles. The highest BCUT2D eigenvalue weighted by molar-refractivity contribution is 5.77. The maximum atomic E-state index is 11.2. The third-order valence-electron chi connectivity index (χ3n) is 3.45. The minimum atomic E-state index is -0.152. The van der Waals surface area contributed by atoms with E-state index in [2.05, 4.69) is 16.5 Å². The molecule has 0 bridgehead atoms. The predicted octanol–water partition coefficient (Wildman–Crippen LogP) is 2.66. The maximum Gasteiger partial charge on any atom is 0.257 e. The van der Waals surface area contributed by atoms with Crippen molar-refractivity contribution in [2.45, 2.75) is 0 Å². The Labute approximate surface area is 134 Å². The number of ether oxygens (including phenoxy) is 1. The Morgan fingerprint density at radius 1 is 1.13 bits per heavy atom. The predicted molar refractivity (Wildman–Crippen MR) is 88.6 cm³/mol. The van der Waals surface area contributed by atoms with Gasteiger partial charge in [0.15, 0.2) is 6.61 Å². The van der Waals surface area contributed by atoms with Crippen molar-refractivity contribution in [1.29, 1.82) is 0 Å². The van der Waals surface area contributed by atoms with E-state index >= 15 is 0 Å². The Balaban J connectivity index is 1.77. The Morgan fingerprint density at radius 2 is 1.96 bits per heavy atom. The molecule has 1 amide bonds. The second-order valence-corrected chi connectivity index (χ2v) is 4.99. The Morgan fingerprint density at radius 3 is 2.65 bits per heavy atom. The van der Waals surface area contributed by atoms with Crippen LogP contribution in [0.15, 0.2) is 67.0 Å². The van der Waals surface area contributed by atoms with Crippen LogP contribution in [0.5, 0.6) is 5.75 Å². The number of carbonyl (C=O) groups is 1. The quantitative estimate of drug-likeness (QED) is 0.788. The van der Waals surface area contributed by atoms with Crippen LogP contribution in [0.1, 0.15) is 0 Å². The maximum absolute atomic E-state index is 11.2. The lowest BCUT2D eigenvalue weighted by Gasteiger charge is -2.08. The van der Waals surface area contributed by atoms with E-state index in [1.54, 1.807) is 13.2 Å². The molecular formula is C18H17N3O2. The summed E-state index contributed by atoms with van der Waals surface area (Å²) in [5, 5.41) is 6.76. The van der Waals surface area contributed by atoms with Gasteiger partial charge in [0.2, 0.25) is 0 Å². The summed E-state index contributed by atoms with van der Waals surface area (Å²) in [7, 11) is 1.58. The fourth-order valence-corrected chi connectivity index (χ4v) is 2.21. The smallest absolute Gasteiger partial charge is 0.257 e. The van der Waals surface area contributed by atoms with Crippen LogP contribution >= 0.6 is 0 Å². The molecule has 0 spiro atoms. The first-order valence-electron chi connectivity index (χ1n) is 7.30. The van der Waals surface area contributed by atoms with Gasteiger partial charge in [0.05, 0.1) is 5.69 Å². The molecule has 5 heteroatoms. The van der Waals surface area contributed by atoms with Gasteiger partial charge in [-0.05, 0) is 41.5 Å². The molecule has 0 fully saturated rings. The molecule has 0 unspecified atom stereocenters. The first kappa shape index (κ1) is 14.8. The first-order chi connectivity index (χ1) is 11.3. The summed E-state index contributed by atoms with van der Waals surface area (Å²) in [6.07, 6.45) is 3.67. The third kappa shape index (κ3) is 3.58. The summed E-state index contributed by atoms with van der Waals surface area (Å²) < 4.78 is 7.23. The Hall–Kier alpha value is -3.08. The lowest BCUT2D eigenvalue weighted by atomic mass is 10.1. The Bertz CT molecular complexity index is 780. The molecule has 1 aromatic heterocycles. The van der Waals surface area contributed by atoms with E-state index < -0.39 is 0 Å². The fourth-order valence-electron chi connectivity index (χ4n) is 2.21. The molecule has 0 saturated carbocycles. The highest BCUT2D eigenvalue weighted by Crippen LogP contribution is 2.24. The number of carbonyl (C=O) groups excluding carboxylic acids is 1. The van der Waals surface area contributed by atoms with E-state index in [0.717, 1.165) is 16.8 Å². The van der Waals surface area contributed by atoms with Crippen LogP contribution in [0.3, 0.4) is 0 Å². The van der Waals surface area contributed by atoms with Crippen LogP contribution in [-0.4, -0.2) is 29.3 Å². The van der Waals surface area contributed by atoms with Crippen LogP contribution in [0.2, 0.25) is 0 Å². The van der Waals surface area contributed by atoms with Crippen molar-refractivity contribution >= 4 is 5.91 Å². The minimum Gasteiger partial charge on any atom is -0.484 e.